The summed E-state index contributed by atoms with van der Waals surface area (Å²) in [6, 6.07) is 10.3. The first-order valence-corrected chi connectivity index (χ1v) is 9.16. The highest BCUT2D eigenvalue weighted by atomic mass is 32.1. The van der Waals surface area contributed by atoms with E-state index in [1.165, 1.54) is 10.4 Å². The maximum atomic E-state index is 5.42. The first-order chi connectivity index (χ1) is 11.8. The molecule has 3 rings (SSSR count). The first-order valence-electron chi connectivity index (χ1n) is 8.28. The summed E-state index contributed by atoms with van der Waals surface area (Å²) < 4.78 is 10.8. The van der Waals surface area contributed by atoms with E-state index in [9.17, 15) is 0 Å². The number of nitrogens with zero attached hydrogens (tertiary/aromatic N) is 1. The van der Waals surface area contributed by atoms with Gasteiger partial charge < -0.3 is 20.1 Å². The van der Waals surface area contributed by atoms with Crippen LogP contribution in [-0.2, 0) is 12.8 Å². The normalized spacial score (nSPS) is 13.1. The van der Waals surface area contributed by atoms with Gasteiger partial charge in [0, 0.05) is 30.9 Å². The van der Waals surface area contributed by atoms with Crippen LogP contribution in [0.15, 0.2) is 40.7 Å². The van der Waals surface area contributed by atoms with Gasteiger partial charge in [0.15, 0.2) is 17.5 Å². The Morgan fingerprint density at radius 2 is 2.08 bits per heavy atom. The molecule has 0 aliphatic carbocycles. The van der Waals surface area contributed by atoms with Gasteiger partial charge in [-0.3, -0.25) is 4.99 Å². The number of ether oxygens (including phenoxy) is 2. The van der Waals surface area contributed by atoms with Crippen LogP contribution in [0.25, 0.3) is 0 Å². The lowest BCUT2D eigenvalue weighted by atomic mass is 10.1. The Bertz CT molecular complexity index is 671. The highest BCUT2D eigenvalue weighted by Crippen LogP contribution is 2.32. The number of benzene rings is 1. The molecular formula is C18H23N3O2S. The van der Waals surface area contributed by atoms with Crippen LogP contribution in [-0.4, -0.2) is 32.4 Å². The van der Waals surface area contributed by atoms with Gasteiger partial charge in [0.2, 0.25) is 6.79 Å². The van der Waals surface area contributed by atoms with Gasteiger partial charge in [0.25, 0.3) is 0 Å². The third-order valence-electron chi connectivity index (χ3n) is 3.70. The molecule has 0 saturated carbocycles. The molecule has 0 atom stereocenters. The summed E-state index contributed by atoms with van der Waals surface area (Å²) in [4.78, 5) is 6.00. The average molecular weight is 345 g/mol. The van der Waals surface area contributed by atoms with Crippen molar-refractivity contribution in [1.82, 2.24) is 10.6 Å². The molecule has 1 aliphatic heterocycles. The van der Waals surface area contributed by atoms with E-state index in [0.29, 0.717) is 6.79 Å². The first kappa shape index (κ1) is 16.6. The number of hydrogen-bond donors (Lipinski definition) is 2. The number of guanidine groups is 1. The van der Waals surface area contributed by atoms with E-state index < -0.39 is 0 Å². The summed E-state index contributed by atoms with van der Waals surface area (Å²) in [6.45, 7) is 4.87. The zero-order valence-corrected chi connectivity index (χ0v) is 14.7. The van der Waals surface area contributed by atoms with Crippen LogP contribution in [0.4, 0.5) is 0 Å². The Morgan fingerprint density at radius 1 is 1.17 bits per heavy atom. The van der Waals surface area contributed by atoms with Crippen LogP contribution in [0.3, 0.4) is 0 Å². The third-order valence-corrected chi connectivity index (χ3v) is 4.63. The maximum Gasteiger partial charge on any atom is 0.231 e. The smallest absolute Gasteiger partial charge is 0.231 e. The fraction of sp³-hybridized carbons (Fsp3) is 0.389. The van der Waals surface area contributed by atoms with E-state index in [-0.39, 0.29) is 0 Å². The lowest BCUT2D eigenvalue weighted by molar-refractivity contribution is 0.174. The number of hydrogen-bond acceptors (Lipinski definition) is 4. The SMILES string of the molecule is CCNC(=NCCc1cccs1)NCCc1ccc2c(c1)OCO2. The Hall–Kier alpha value is -2.21. The summed E-state index contributed by atoms with van der Waals surface area (Å²) in [7, 11) is 0. The van der Waals surface area contributed by atoms with Gasteiger partial charge in [0.05, 0.1) is 0 Å². The van der Waals surface area contributed by atoms with Gasteiger partial charge in [0.1, 0.15) is 0 Å². The van der Waals surface area contributed by atoms with E-state index in [2.05, 4.69) is 46.1 Å². The van der Waals surface area contributed by atoms with E-state index in [4.69, 9.17) is 9.47 Å². The van der Waals surface area contributed by atoms with Gasteiger partial charge in [-0.05, 0) is 42.5 Å². The Balaban J connectivity index is 1.46. The second-order valence-electron chi connectivity index (χ2n) is 5.45. The minimum Gasteiger partial charge on any atom is -0.454 e. The predicted molar refractivity (Wildman–Crippen MR) is 98.3 cm³/mol. The van der Waals surface area contributed by atoms with Crippen molar-refractivity contribution in [2.75, 3.05) is 26.4 Å². The van der Waals surface area contributed by atoms with Gasteiger partial charge in [-0.15, -0.1) is 11.3 Å². The highest BCUT2D eigenvalue weighted by molar-refractivity contribution is 7.09. The maximum absolute atomic E-state index is 5.42. The quantitative estimate of drug-likeness (QED) is 0.598. The Labute approximate surface area is 146 Å². The van der Waals surface area contributed by atoms with E-state index >= 15 is 0 Å². The third kappa shape index (κ3) is 4.64. The van der Waals surface area contributed by atoms with Crippen molar-refractivity contribution in [2.45, 2.75) is 19.8 Å². The van der Waals surface area contributed by atoms with Crippen LogP contribution < -0.4 is 20.1 Å². The zero-order chi connectivity index (χ0) is 16.6. The van der Waals surface area contributed by atoms with Gasteiger partial charge in [-0.2, -0.15) is 0 Å². The number of rotatable bonds is 7. The molecule has 1 aliphatic rings. The molecule has 2 aromatic rings. The molecule has 1 aromatic carbocycles. The monoisotopic (exact) mass is 345 g/mol. The summed E-state index contributed by atoms with van der Waals surface area (Å²) in [5.41, 5.74) is 1.22. The highest BCUT2D eigenvalue weighted by Gasteiger charge is 2.12. The average Bonchev–Trinajstić information content (AvgIpc) is 3.25. The molecule has 2 heterocycles. The minimum absolute atomic E-state index is 0.318. The molecule has 128 valence electrons. The predicted octanol–water partition coefficient (Wildman–Crippen LogP) is 2.82. The van der Waals surface area contributed by atoms with E-state index in [0.717, 1.165) is 49.9 Å². The number of fused-ring (bicyclic) bond motifs is 1. The molecule has 0 radical (unpaired) electrons. The number of nitrogens with one attached hydrogen (secondary N) is 2. The zero-order valence-electron chi connectivity index (χ0n) is 13.9. The minimum atomic E-state index is 0.318. The molecule has 5 nitrogen and oxygen atoms in total. The van der Waals surface area contributed by atoms with Crippen LogP contribution >= 0.6 is 11.3 Å². The van der Waals surface area contributed by atoms with Crippen LogP contribution in [0, 0.1) is 0 Å². The molecule has 0 spiro atoms. The van der Waals surface area contributed by atoms with Crippen molar-refractivity contribution in [2.24, 2.45) is 4.99 Å². The van der Waals surface area contributed by atoms with Gasteiger partial charge in [-0.25, -0.2) is 0 Å². The van der Waals surface area contributed by atoms with Crippen LogP contribution in [0.5, 0.6) is 11.5 Å². The fourth-order valence-corrected chi connectivity index (χ4v) is 3.19. The van der Waals surface area contributed by atoms with Crippen LogP contribution in [0.2, 0.25) is 0 Å². The van der Waals surface area contributed by atoms with Crippen molar-refractivity contribution in [3.05, 3.63) is 46.2 Å². The summed E-state index contributed by atoms with van der Waals surface area (Å²) in [5, 5.41) is 8.78. The molecule has 1 aromatic heterocycles. The second-order valence-corrected chi connectivity index (χ2v) is 6.49. The Kier molecular flexibility index (Phi) is 5.96. The standard InChI is InChI=1S/C18H23N3O2S/c1-2-19-18(21-10-8-15-4-3-11-24-15)20-9-7-14-5-6-16-17(12-14)23-13-22-16/h3-6,11-12H,2,7-10,13H2,1H3,(H2,19,20,21). The van der Waals surface area contributed by atoms with Crippen LogP contribution in [0.1, 0.15) is 17.4 Å². The van der Waals surface area contributed by atoms with Crippen molar-refractivity contribution in [3.63, 3.8) is 0 Å². The molecule has 0 amide bonds. The lowest BCUT2D eigenvalue weighted by Crippen LogP contribution is -2.38. The molecule has 2 N–H and O–H groups in total. The van der Waals surface area contributed by atoms with Crippen molar-refractivity contribution < 1.29 is 9.47 Å². The number of aliphatic imine (C=N–C) groups is 1. The molecule has 6 heteroatoms. The molecule has 0 bridgehead atoms. The molecular weight excluding hydrogens is 322 g/mol. The topological polar surface area (TPSA) is 54.9 Å². The fourth-order valence-electron chi connectivity index (χ4n) is 2.50. The summed E-state index contributed by atoms with van der Waals surface area (Å²) in [6.07, 6.45) is 1.89. The van der Waals surface area contributed by atoms with E-state index in [1.807, 2.05) is 12.1 Å². The van der Waals surface area contributed by atoms with Gasteiger partial charge >= 0.3 is 0 Å². The van der Waals surface area contributed by atoms with E-state index in [1.54, 1.807) is 11.3 Å². The molecule has 24 heavy (non-hydrogen) atoms. The van der Waals surface area contributed by atoms with Crippen molar-refractivity contribution in [3.8, 4) is 11.5 Å². The second kappa shape index (κ2) is 8.59. The molecule has 0 saturated heterocycles. The summed E-state index contributed by atoms with van der Waals surface area (Å²) in [5.74, 6) is 2.54. The van der Waals surface area contributed by atoms with Crippen molar-refractivity contribution >= 4 is 17.3 Å². The lowest BCUT2D eigenvalue weighted by Gasteiger charge is -2.11. The van der Waals surface area contributed by atoms with Crippen molar-refractivity contribution in [1.29, 1.82) is 0 Å². The Morgan fingerprint density at radius 3 is 2.92 bits per heavy atom. The van der Waals surface area contributed by atoms with Gasteiger partial charge in [-0.1, -0.05) is 12.1 Å². The molecule has 0 unspecified atom stereocenters. The summed E-state index contributed by atoms with van der Waals surface area (Å²) >= 11 is 1.78. The largest absolute Gasteiger partial charge is 0.454 e. The molecule has 0 fully saturated rings. The number of thiophene rings is 1.